The summed E-state index contributed by atoms with van der Waals surface area (Å²) in [6, 6.07) is 0. The van der Waals surface area contributed by atoms with Crippen molar-refractivity contribution in [2.75, 3.05) is 6.61 Å². The van der Waals surface area contributed by atoms with Gasteiger partial charge in [-0.05, 0) is 0 Å². The molecule has 0 fully saturated rings. The molecule has 2 heteroatoms. The molecule has 0 aromatic carbocycles. The van der Waals surface area contributed by atoms with Gasteiger partial charge in [0.2, 0.25) is 0 Å². The molecule has 0 heterocycles. The molecule has 0 unspecified atom stereocenters. The van der Waals surface area contributed by atoms with Crippen LogP contribution in [0.15, 0.2) is 0 Å². The van der Waals surface area contributed by atoms with Crippen molar-refractivity contribution < 1.29 is 5.11 Å². The molecule has 0 spiro atoms. The van der Waals surface area contributed by atoms with Gasteiger partial charge in [0.05, 0.1) is 0 Å². The van der Waals surface area contributed by atoms with E-state index in [1.165, 1.54) is 6.42 Å². The summed E-state index contributed by atoms with van der Waals surface area (Å²) in [6.45, 7) is 7.83. The van der Waals surface area contributed by atoms with Gasteiger partial charge in [0.25, 0.3) is 0 Å². The molecule has 0 aromatic heterocycles. The first-order valence-electron chi connectivity index (χ1n) is 3.70. The Morgan fingerprint density at radius 3 is 1.60 bits per heavy atom. The fourth-order valence-corrected chi connectivity index (χ4v) is 0.144. The van der Waals surface area contributed by atoms with Crippen molar-refractivity contribution >= 4 is 23.1 Å². The van der Waals surface area contributed by atoms with Crippen LogP contribution in [0.1, 0.15) is 39.5 Å². The predicted molar refractivity (Wildman–Crippen MR) is 45.8 cm³/mol. The van der Waals surface area contributed by atoms with Crippen LogP contribution in [-0.4, -0.2) is 29.7 Å². The summed E-state index contributed by atoms with van der Waals surface area (Å²) in [5.41, 5.74) is 0. The van der Waals surface area contributed by atoms with Crippen LogP contribution in [0.5, 0.6) is 0 Å². The molecule has 0 aliphatic rings. The number of rotatable bonds is 3. The minimum Gasteiger partial charge on any atom is -0.854 e. The van der Waals surface area contributed by atoms with E-state index >= 15 is 0 Å². The summed E-state index contributed by atoms with van der Waals surface area (Å²) in [5.74, 6) is 0. The maximum atomic E-state index is 9.53. The summed E-state index contributed by atoms with van der Waals surface area (Å²) >= 11 is 0. The maximum Gasteiger partial charge on any atom is 2.00 e. The zero-order valence-corrected chi connectivity index (χ0v) is 8.77. The Hall–Kier alpha value is 0.726. The molecule has 0 rings (SSSR count). The number of hydrogen-bond donors (Lipinski definition) is 0. The van der Waals surface area contributed by atoms with Crippen LogP contribution in [0.2, 0.25) is 0 Å². The first-order chi connectivity index (χ1) is 4.33. The Bertz CT molecular complexity index is 28.4. The molecule has 0 radical (unpaired) electrons. The molecular weight excluding hydrogens is 136 g/mol. The average Bonchev–Trinajstić information content (AvgIpc) is 1.91. The van der Waals surface area contributed by atoms with E-state index in [-0.39, 0.29) is 29.7 Å². The van der Waals surface area contributed by atoms with E-state index in [2.05, 4.69) is 13.8 Å². The van der Waals surface area contributed by atoms with Crippen molar-refractivity contribution in [2.24, 2.45) is 0 Å². The maximum absolute atomic E-state index is 9.53. The molecule has 0 aromatic rings. The molecule has 0 saturated heterocycles. The minimum atomic E-state index is 0. The van der Waals surface area contributed by atoms with Gasteiger partial charge in [-0.2, -0.15) is 6.42 Å². The van der Waals surface area contributed by atoms with Crippen molar-refractivity contribution in [1.82, 2.24) is 0 Å². The number of hydrogen-bond acceptors (Lipinski definition) is 1. The van der Waals surface area contributed by atoms with Crippen molar-refractivity contribution in [3.8, 4) is 0 Å². The molecular formula is C8H18MgO. The van der Waals surface area contributed by atoms with Crippen molar-refractivity contribution in [3.63, 3.8) is 0 Å². The molecule has 10 heavy (non-hydrogen) atoms. The fraction of sp³-hybridized carbons (Fsp3) is 0.875. The minimum absolute atomic E-state index is 0. The van der Waals surface area contributed by atoms with Crippen molar-refractivity contribution in [3.05, 3.63) is 6.92 Å². The van der Waals surface area contributed by atoms with E-state index in [4.69, 9.17) is 0 Å². The van der Waals surface area contributed by atoms with Gasteiger partial charge in [-0.1, -0.05) is 33.1 Å². The standard InChI is InChI=1S/C4H9O.C4H9.Mg/c1-2-3-4-5;1-3-4-2;/h2-4H2,1H3;1,3-4H2,2H3;/q2*-1;+2. The zero-order chi connectivity index (χ0) is 7.54. The Kier molecular flexibility index (Phi) is 38.4. The largest absolute Gasteiger partial charge is 2.00 e. The number of unbranched alkanes of at least 4 members (excludes halogenated alkanes) is 2. The zero-order valence-electron chi connectivity index (χ0n) is 7.36. The van der Waals surface area contributed by atoms with Gasteiger partial charge in [-0.3, -0.25) is 0 Å². The van der Waals surface area contributed by atoms with Crippen LogP contribution in [0.4, 0.5) is 0 Å². The quantitative estimate of drug-likeness (QED) is 0.445. The molecule has 0 aliphatic carbocycles. The SMILES string of the molecule is CCCC[O-].[CH2-]CCC.[Mg+2]. The van der Waals surface area contributed by atoms with Crippen LogP contribution in [0.3, 0.4) is 0 Å². The first-order valence-corrected chi connectivity index (χ1v) is 3.70. The van der Waals surface area contributed by atoms with Crippen LogP contribution >= 0.6 is 0 Å². The third-order valence-electron chi connectivity index (χ3n) is 0.851. The molecule has 0 aliphatic heterocycles. The fourth-order valence-electron chi connectivity index (χ4n) is 0.144. The van der Waals surface area contributed by atoms with Gasteiger partial charge in [-0.15, -0.1) is 6.61 Å². The van der Waals surface area contributed by atoms with Gasteiger partial charge in [0.15, 0.2) is 0 Å². The van der Waals surface area contributed by atoms with Crippen molar-refractivity contribution in [1.29, 1.82) is 0 Å². The summed E-state index contributed by atoms with van der Waals surface area (Å²) in [6.07, 6.45) is 4.14. The third kappa shape index (κ3) is 37.5. The molecule has 0 atom stereocenters. The van der Waals surface area contributed by atoms with E-state index in [0.29, 0.717) is 0 Å². The molecule has 0 amide bonds. The van der Waals surface area contributed by atoms with Crippen LogP contribution < -0.4 is 5.11 Å². The van der Waals surface area contributed by atoms with Gasteiger partial charge in [0, 0.05) is 0 Å². The Morgan fingerprint density at radius 2 is 1.60 bits per heavy atom. The van der Waals surface area contributed by atoms with Gasteiger partial charge < -0.3 is 12.0 Å². The monoisotopic (exact) mass is 154 g/mol. The molecule has 0 saturated carbocycles. The topological polar surface area (TPSA) is 23.1 Å². The van der Waals surface area contributed by atoms with E-state index < -0.39 is 0 Å². The Labute approximate surface area is 81.4 Å². The Balaban J connectivity index is -0.0000000910. The molecule has 58 valence electrons. The summed E-state index contributed by atoms with van der Waals surface area (Å²) in [7, 11) is 0. The second-order valence-electron chi connectivity index (χ2n) is 1.91. The summed E-state index contributed by atoms with van der Waals surface area (Å²) < 4.78 is 0. The van der Waals surface area contributed by atoms with E-state index in [1.807, 2.05) is 6.92 Å². The van der Waals surface area contributed by atoms with Crippen LogP contribution in [0, 0.1) is 6.92 Å². The average molecular weight is 155 g/mol. The smallest absolute Gasteiger partial charge is 0.854 e. The van der Waals surface area contributed by atoms with Crippen LogP contribution in [0.25, 0.3) is 0 Å². The normalized spacial score (nSPS) is 7.20. The van der Waals surface area contributed by atoms with E-state index in [1.54, 1.807) is 0 Å². The summed E-state index contributed by atoms with van der Waals surface area (Å²) in [4.78, 5) is 0. The van der Waals surface area contributed by atoms with E-state index in [0.717, 1.165) is 19.3 Å². The van der Waals surface area contributed by atoms with Gasteiger partial charge >= 0.3 is 23.1 Å². The predicted octanol–water partition coefficient (Wildman–Crippen LogP) is 1.39. The molecule has 1 nitrogen and oxygen atoms in total. The second kappa shape index (κ2) is 22.6. The Morgan fingerprint density at radius 1 is 1.20 bits per heavy atom. The van der Waals surface area contributed by atoms with Crippen molar-refractivity contribution in [2.45, 2.75) is 39.5 Å². The van der Waals surface area contributed by atoms with Crippen LogP contribution in [-0.2, 0) is 0 Å². The van der Waals surface area contributed by atoms with Gasteiger partial charge in [0.1, 0.15) is 0 Å². The third-order valence-corrected chi connectivity index (χ3v) is 0.851. The molecule has 0 bridgehead atoms. The van der Waals surface area contributed by atoms with Gasteiger partial charge in [-0.25, -0.2) is 0 Å². The second-order valence-corrected chi connectivity index (χ2v) is 1.91. The first kappa shape index (κ1) is 17.0. The van der Waals surface area contributed by atoms with E-state index in [9.17, 15) is 5.11 Å². The summed E-state index contributed by atoms with van der Waals surface area (Å²) in [5, 5.41) is 9.53. The molecule has 0 N–H and O–H groups in total.